The largest absolute Gasteiger partial charge is 0.359 e. The van der Waals surface area contributed by atoms with Crippen LogP contribution in [0.5, 0.6) is 0 Å². The van der Waals surface area contributed by atoms with Gasteiger partial charge in [0, 0.05) is 13.1 Å². The second-order valence-electron chi connectivity index (χ2n) is 4.06. The van der Waals surface area contributed by atoms with Gasteiger partial charge in [0.25, 0.3) is 0 Å². The van der Waals surface area contributed by atoms with Gasteiger partial charge in [-0.1, -0.05) is 38.1 Å². The van der Waals surface area contributed by atoms with Crippen molar-refractivity contribution in [1.29, 1.82) is 0 Å². The fourth-order valence-corrected chi connectivity index (χ4v) is 2.47. The molecule has 0 saturated carbocycles. The Labute approximate surface area is 98.2 Å². The third-order valence-corrected chi connectivity index (χ3v) is 3.19. The highest BCUT2D eigenvalue weighted by atomic mass is 16.5. The number of hydrogen-bond donors (Lipinski definition) is 0. The molecule has 2 nitrogen and oxygen atoms in total. The summed E-state index contributed by atoms with van der Waals surface area (Å²) in [5, 5.41) is 0. The molecule has 1 saturated heterocycles. The minimum absolute atomic E-state index is 0.244. The Kier molecular flexibility index (Phi) is 3.97. The molecule has 1 aromatic rings. The Morgan fingerprint density at radius 3 is 2.88 bits per heavy atom. The van der Waals surface area contributed by atoms with E-state index < -0.39 is 0 Å². The summed E-state index contributed by atoms with van der Waals surface area (Å²) in [7, 11) is 0. The van der Waals surface area contributed by atoms with Gasteiger partial charge in [0.2, 0.25) is 0 Å². The molecule has 2 heteroatoms. The van der Waals surface area contributed by atoms with Gasteiger partial charge in [0.15, 0.2) is 0 Å². The number of hydrogen-bond acceptors (Lipinski definition) is 2. The van der Waals surface area contributed by atoms with Crippen molar-refractivity contribution in [2.45, 2.75) is 32.9 Å². The summed E-state index contributed by atoms with van der Waals surface area (Å²) in [6.45, 7) is 7.26. The zero-order valence-electron chi connectivity index (χ0n) is 10.3. The fraction of sp³-hybridized carbons (Fsp3) is 0.571. The van der Waals surface area contributed by atoms with Crippen LogP contribution in [0.4, 0.5) is 0 Å². The van der Waals surface area contributed by atoms with Gasteiger partial charge in [0.05, 0.1) is 6.61 Å². The molecule has 0 bridgehead atoms. The normalized spacial score (nSPS) is 23.8. The van der Waals surface area contributed by atoms with Crippen molar-refractivity contribution in [3.8, 4) is 0 Å². The Balaban J connectivity index is 0.000000457. The van der Waals surface area contributed by atoms with Crippen LogP contribution >= 0.6 is 0 Å². The van der Waals surface area contributed by atoms with Crippen LogP contribution in [0.2, 0.25) is 0 Å². The maximum atomic E-state index is 5.83. The molecule has 0 aliphatic carbocycles. The lowest BCUT2D eigenvalue weighted by atomic mass is 9.97. The number of rotatable bonds is 0. The molecule has 2 heterocycles. The summed E-state index contributed by atoms with van der Waals surface area (Å²) in [4.78, 5) is 2.45. The minimum atomic E-state index is 0.244. The summed E-state index contributed by atoms with van der Waals surface area (Å²) in [5.74, 6) is 0. The summed E-state index contributed by atoms with van der Waals surface area (Å²) in [5.41, 5.74) is 2.86. The zero-order valence-corrected chi connectivity index (χ0v) is 10.3. The lowest BCUT2D eigenvalue weighted by Crippen LogP contribution is -2.41. The first-order valence-corrected chi connectivity index (χ1v) is 6.38. The van der Waals surface area contributed by atoms with Crippen LogP contribution < -0.4 is 0 Å². The number of nitrogens with zero attached hydrogens (tertiary/aromatic N) is 1. The Bertz CT molecular complexity index is 337. The van der Waals surface area contributed by atoms with E-state index >= 15 is 0 Å². The first-order valence-electron chi connectivity index (χ1n) is 6.38. The van der Waals surface area contributed by atoms with Crippen molar-refractivity contribution in [3.63, 3.8) is 0 Å². The van der Waals surface area contributed by atoms with Gasteiger partial charge in [0.1, 0.15) is 6.23 Å². The third-order valence-electron chi connectivity index (χ3n) is 3.19. The minimum Gasteiger partial charge on any atom is -0.359 e. The highest BCUT2D eigenvalue weighted by Crippen LogP contribution is 2.32. The molecule has 0 amide bonds. The van der Waals surface area contributed by atoms with E-state index in [1.807, 2.05) is 13.8 Å². The molecule has 1 unspecified atom stereocenters. The van der Waals surface area contributed by atoms with Crippen LogP contribution in [0, 0.1) is 0 Å². The van der Waals surface area contributed by atoms with E-state index in [4.69, 9.17) is 4.74 Å². The Hall–Kier alpha value is -0.860. The smallest absolute Gasteiger partial charge is 0.137 e. The van der Waals surface area contributed by atoms with E-state index in [-0.39, 0.29) is 6.23 Å². The summed E-state index contributed by atoms with van der Waals surface area (Å²) in [6.07, 6.45) is 2.60. The number of fused-ring (bicyclic) bond motifs is 3. The highest BCUT2D eigenvalue weighted by molar-refractivity contribution is 5.31. The molecule has 2 aliphatic rings. The van der Waals surface area contributed by atoms with Gasteiger partial charge in [-0.05, 0) is 24.0 Å². The summed E-state index contributed by atoms with van der Waals surface area (Å²) in [6, 6.07) is 8.67. The van der Waals surface area contributed by atoms with Crippen LogP contribution in [0.3, 0.4) is 0 Å². The van der Waals surface area contributed by atoms with E-state index in [9.17, 15) is 0 Å². The van der Waals surface area contributed by atoms with Crippen LogP contribution in [-0.4, -0.2) is 24.6 Å². The molecule has 0 N–H and O–H groups in total. The van der Waals surface area contributed by atoms with Gasteiger partial charge in [-0.25, -0.2) is 0 Å². The van der Waals surface area contributed by atoms with Crippen LogP contribution in [-0.2, 0) is 11.2 Å². The molecule has 0 aromatic heterocycles. The van der Waals surface area contributed by atoms with Crippen LogP contribution in [0.25, 0.3) is 0 Å². The maximum absolute atomic E-state index is 5.83. The quantitative estimate of drug-likeness (QED) is 0.665. The molecule has 2 aliphatic heterocycles. The monoisotopic (exact) mass is 219 g/mol. The predicted octanol–water partition coefficient (Wildman–Crippen LogP) is 2.99. The second kappa shape index (κ2) is 5.46. The van der Waals surface area contributed by atoms with E-state index in [2.05, 4.69) is 29.2 Å². The van der Waals surface area contributed by atoms with Crippen molar-refractivity contribution < 1.29 is 4.74 Å². The molecular weight excluding hydrogens is 198 g/mol. The molecule has 3 rings (SSSR count). The molecule has 1 aromatic carbocycles. The van der Waals surface area contributed by atoms with Crippen LogP contribution in [0.1, 0.15) is 37.6 Å². The summed E-state index contributed by atoms with van der Waals surface area (Å²) >= 11 is 0. The van der Waals surface area contributed by atoms with Gasteiger partial charge < -0.3 is 4.74 Å². The summed E-state index contributed by atoms with van der Waals surface area (Å²) < 4.78 is 5.83. The van der Waals surface area contributed by atoms with Gasteiger partial charge in [-0.2, -0.15) is 0 Å². The SMILES string of the molecule is CC.c1ccc2c(c1)CCN1CCCOC21. The molecular formula is C14H21NO. The first-order chi connectivity index (χ1) is 7.95. The average molecular weight is 219 g/mol. The van der Waals surface area contributed by atoms with Crippen molar-refractivity contribution in [2.75, 3.05) is 19.7 Å². The molecule has 0 radical (unpaired) electrons. The topological polar surface area (TPSA) is 12.5 Å². The number of benzene rings is 1. The fourth-order valence-electron chi connectivity index (χ4n) is 2.47. The van der Waals surface area contributed by atoms with Crippen molar-refractivity contribution in [1.82, 2.24) is 4.90 Å². The van der Waals surface area contributed by atoms with E-state index in [0.29, 0.717) is 0 Å². The maximum Gasteiger partial charge on any atom is 0.137 e. The highest BCUT2D eigenvalue weighted by Gasteiger charge is 2.29. The number of ether oxygens (including phenoxy) is 1. The van der Waals surface area contributed by atoms with Crippen LogP contribution in [0.15, 0.2) is 24.3 Å². The zero-order chi connectivity index (χ0) is 11.4. The van der Waals surface area contributed by atoms with E-state index in [1.54, 1.807) is 0 Å². The molecule has 16 heavy (non-hydrogen) atoms. The van der Waals surface area contributed by atoms with Gasteiger partial charge in [-0.15, -0.1) is 0 Å². The third kappa shape index (κ3) is 2.13. The van der Waals surface area contributed by atoms with Crippen molar-refractivity contribution >= 4 is 0 Å². The Morgan fingerprint density at radius 1 is 1.19 bits per heavy atom. The lowest BCUT2D eigenvalue weighted by molar-refractivity contribution is -0.103. The van der Waals surface area contributed by atoms with E-state index in [1.165, 1.54) is 30.5 Å². The average Bonchev–Trinajstić information content (AvgIpc) is 2.41. The van der Waals surface area contributed by atoms with Crippen molar-refractivity contribution in [2.24, 2.45) is 0 Å². The van der Waals surface area contributed by atoms with Gasteiger partial charge in [-0.3, -0.25) is 4.90 Å². The second-order valence-corrected chi connectivity index (χ2v) is 4.06. The lowest BCUT2D eigenvalue weighted by Gasteiger charge is -2.40. The Morgan fingerprint density at radius 2 is 2.00 bits per heavy atom. The molecule has 1 atom stereocenters. The molecule has 0 spiro atoms. The molecule has 1 fully saturated rings. The predicted molar refractivity (Wildman–Crippen MR) is 66.4 cm³/mol. The van der Waals surface area contributed by atoms with Crippen molar-refractivity contribution in [3.05, 3.63) is 35.4 Å². The molecule has 88 valence electrons. The van der Waals surface area contributed by atoms with E-state index in [0.717, 1.165) is 13.2 Å². The standard InChI is InChI=1S/C12H15NO.C2H6/c1-2-5-11-10(4-1)6-8-13-7-3-9-14-12(11)13;1-2/h1-2,4-5,12H,3,6-9H2;1-2H3. The van der Waals surface area contributed by atoms with Gasteiger partial charge >= 0.3 is 0 Å². The first kappa shape index (κ1) is 11.6.